The molecule has 1 aromatic rings. The van der Waals surface area contributed by atoms with Gasteiger partial charge in [0.2, 0.25) is 0 Å². The van der Waals surface area contributed by atoms with E-state index in [2.05, 4.69) is 18.0 Å². The highest BCUT2D eigenvalue weighted by Gasteiger charge is 2.07. The quantitative estimate of drug-likeness (QED) is 0.556. The average molecular weight is 277 g/mol. The Hall–Kier alpha value is -1.65. The second kappa shape index (κ2) is 9.28. The molecule has 0 saturated carbocycles. The number of rotatable bonds is 9. The topological polar surface area (TPSA) is 47.6 Å². The van der Waals surface area contributed by atoms with E-state index in [-0.39, 0.29) is 5.97 Å². The van der Waals surface area contributed by atoms with Crippen LogP contribution >= 0.6 is 0 Å². The fraction of sp³-hybridized carbons (Fsp3) is 0.438. The van der Waals surface area contributed by atoms with E-state index in [0.717, 1.165) is 11.1 Å². The minimum Gasteiger partial charge on any atom is -0.463 e. The molecular formula is C16H23NO3. The molecule has 0 amide bonds. The molecule has 1 aromatic carbocycles. The summed E-state index contributed by atoms with van der Waals surface area (Å²) in [5.74, 6) is -0.345. The normalized spacial score (nSPS) is 10.3. The van der Waals surface area contributed by atoms with Crippen LogP contribution in [0.4, 0.5) is 0 Å². The predicted molar refractivity (Wildman–Crippen MR) is 79.3 cm³/mol. The van der Waals surface area contributed by atoms with Gasteiger partial charge < -0.3 is 14.8 Å². The van der Waals surface area contributed by atoms with Crippen LogP contribution in [-0.4, -0.2) is 25.7 Å². The van der Waals surface area contributed by atoms with Crippen molar-refractivity contribution < 1.29 is 14.3 Å². The lowest BCUT2D eigenvalue weighted by Crippen LogP contribution is -2.22. The molecule has 0 bridgehead atoms. The van der Waals surface area contributed by atoms with Crippen LogP contribution in [0.1, 0.15) is 25.0 Å². The van der Waals surface area contributed by atoms with E-state index in [4.69, 9.17) is 9.47 Å². The smallest absolute Gasteiger partial charge is 0.334 e. The van der Waals surface area contributed by atoms with Crippen LogP contribution < -0.4 is 5.32 Å². The molecule has 4 heteroatoms. The van der Waals surface area contributed by atoms with Crippen molar-refractivity contribution in [1.29, 1.82) is 0 Å². The van der Waals surface area contributed by atoms with E-state index in [0.29, 0.717) is 38.5 Å². The zero-order chi connectivity index (χ0) is 14.8. The molecular weight excluding hydrogens is 254 g/mol. The Morgan fingerprint density at radius 1 is 1.20 bits per heavy atom. The van der Waals surface area contributed by atoms with E-state index >= 15 is 0 Å². The minimum absolute atomic E-state index is 0.345. The van der Waals surface area contributed by atoms with Gasteiger partial charge in [0, 0.05) is 25.3 Å². The Morgan fingerprint density at radius 3 is 2.55 bits per heavy atom. The number of ether oxygens (including phenoxy) is 2. The first-order chi connectivity index (χ1) is 9.69. The highest BCUT2D eigenvalue weighted by atomic mass is 16.5. The molecule has 0 spiro atoms. The molecule has 0 aliphatic carbocycles. The van der Waals surface area contributed by atoms with Gasteiger partial charge >= 0.3 is 5.97 Å². The number of hydrogen-bond acceptors (Lipinski definition) is 4. The maximum Gasteiger partial charge on any atom is 0.334 e. The Bertz CT molecular complexity index is 443. The summed E-state index contributed by atoms with van der Waals surface area (Å²) in [4.78, 5) is 11.4. The zero-order valence-electron chi connectivity index (χ0n) is 12.3. The molecule has 0 fully saturated rings. The van der Waals surface area contributed by atoms with Crippen LogP contribution in [-0.2, 0) is 27.4 Å². The van der Waals surface area contributed by atoms with E-state index < -0.39 is 0 Å². The second-order valence-corrected chi connectivity index (χ2v) is 4.33. The number of nitrogens with one attached hydrogen (secondary N) is 1. The van der Waals surface area contributed by atoms with Crippen molar-refractivity contribution in [2.75, 3.05) is 19.8 Å². The third-order valence-corrected chi connectivity index (χ3v) is 2.80. The first-order valence-electron chi connectivity index (χ1n) is 6.89. The van der Waals surface area contributed by atoms with Crippen molar-refractivity contribution in [3.05, 3.63) is 47.5 Å². The van der Waals surface area contributed by atoms with Crippen molar-refractivity contribution in [2.24, 2.45) is 0 Å². The van der Waals surface area contributed by atoms with Gasteiger partial charge in [0.25, 0.3) is 0 Å². The maximum atomic E-state index is 11.4. The van der Waals surface area contributed by atoms with Crippen LogP contribution in [0.15, 0.2) is 36.4 Å². The number of esters is 1. The lowest BCUT2D eigenvalue weighted by molar-refractivity contribution is -0.138. The second-order valence-electron chi connectivity index (χ2n) is 4.33. The van der Waals surface area contributed by atoms with E-state index in [1.165, 1.54) is 0 Å². The number of carbonyl (C=O) groups is 1. The van der Waals surface area contributed by atoms with Gasteiger partial charge in [-0.1, -0.05) is 30.8 Å². The molecule has 4 nitrogen and oxygen atoms in total. The van der Waals surface area contributed by atoms with Gasteiger partial charge in [-0.25, -0.2) is 4.79 Å². The number of hydrogen-bond donors (Lipinski definition) is 1. The van der Waals surface area contributed by atoms with Gasteiger partial charge in [0.1, 0.15) is 0 Å². The van der Waals surface area contributed by atoms with Crippen molar-refractivity contribution >= 4 is 5.97 Å². The summed E-state index contributed by atoms with van der Waals surface area (Å²) in [6.07, 6.45) is 0. The standard InChI is InChI=1S/C16H23NO3/c1-4-19-12-15-9-7-6-8-14(15)11-17-10-13(3)16(18)20-5-2/h6-9,17H,3-5,10-12H2,1-2H3. The van der Waals surface area contributed by atoms with Crippen LogP contribution in [0.3, 0.4) is 0 Å². The first kappa shape index (κ1) is 16.4. The lowest BCUT2D eigenvalue weighted by atomic mass is 10.1. The predicted octanol–water partition coefficient (Wildman–Crippen LogP) is 2.43. The molecule has 0 heterocycles. The summed E-state index contributed by atoms with van der Waals surface area (Å²) in [6, 6.07) is 8.09. The maximum absolute atomic E-state index is 11.4. The van der Waals surface area contributed by atoms with E-state index in [1.807, 2.05) is 25.1 Å². The number of benzene rings is 1. The fourth-order valence-electron chi connectivity index (χ4n) is 1.74. The third-order valence-electron chi connectivity index (χ3n) is 2.80. The molecule has 0 unspecified atom stereocenters. The van der Waals surface area contributed by atoms with Crippen LogP contribution in [0.25, 0.3) is 0 Å². The monoisotopic (exact) mass is 277 g/mol. The molecule has 110 valence electrons. The van der Waals surface area contributed by atoms with Gasteiger partial charge in [0.15, 0.2) is 0 Å². The summed E-state index contributed by atoms with van der Waals surface area (Å²) < 4.78 is 10.3. The Labute approximate surface area is 120 Å². The summed E-state index contributed by atoms with van der Waals surface area (Å²) >= 11 is 0. The first-order valence-corrected chi connectivity index (χ1v) is 6.89. The van der Waals surface area contributed by atoms with Gasteiger partial charge in [-0.2, -0.15) is 0 Å². The minimum atomic E-state index is -0.345. The van der Waals surface area contributed by atoms with Crippen LogP contribution in [0.5, 0.6) is 0 Å². The van der Waals surface area contributed by atoms with Crippen LogP contribution in [0, 0.1) is 0 Å². The molecule has 1 N–H and O–H groups in total. The van der Waals surface area contributed by atoms with Crippen LogP contribution in [0.2, 0.25) is 0 Å². The zero-order valence-corrected chi connectivity index (χ0v) is 12.3. The summed E-state index contributed by atoms with van der Waals surface area (Å²) in [5.41, 5.74) is 2.76. The molecule has 0 radical (unpaired) electrons. The molecule has 20 heavy (non-hydrogen) atoms. The molecule has 0 aliphatic rings. The van der Waals surface area contributed by atoms with Gasteiger partial charge in [-0.05, 0) is 25.0 Å². The van der Waals surface area contributed by atoms with Gasteiger partial charge in [-0.15, -0.1) is 0 Å². The number of carbonyl (C=O) groups excluding carboxylic acids is 1. The van der Waals surface area contributed by atoms with Gasteiger partial charge in [0.05, 0.1) is 13.2 Å². The molecule has 0 aromatic heterocycles. The Kier molecular flexibility index (Phi) is 7.62. The van der Waals surface area contributed by atoms with Crippen molar-refractivity contribution in [3.8, 4) is 0 Å². The van der Waals surface area contributed by atoms with Crippen molar-refractivity contribution in [2.45, 2.75) is 27.0 Å². The Morgan fingerprint density at radius 2 is 1.90 bits per heavy atom. The van der Waals surface area contributed by atoms with E-state index in [9.17, 15) is 4.79 Å². The summed E-state index contributed by atoms with van der Waals surface area (Å²) in [6.45, 7) is 10.2. The molecule has 0 atom stereocenters. The third kappa shape index (κ3) is 5.55. The van der Waals surface area contributed by atoms with Crippen molar-refractivity contribution in [1.82, 2.24) is 5.32 Å². The van der Waals surface area contributed by atoms with E-state index in [1.54, 1.807) is 6.92 Å². The SMILES string of the molecule is C=C(CNCc1ccccc1COCC)C(=O)OCC. The van der Waals surface area contributed by atoms with Crippen molar-refractivity contribution in [3.63, 3.8) is 0 Å². The lowest BCUT2D eigenvalue weighted by Gasteiger charge is -2.11. The largest absolute Gasteiger partial charge is 0.463 e. The Balaban J connectivity index is 2.45. The summed E-state index contributed by atoms with van der Waals surface area (Å²) in [5, 5.41) is 3.20. The highest BCUT2D eigenvalue weighted by molar-refractivity contribution is 5.88. The van der Waals surface area contributed by atoms with Gasteiger partial charge in [-0.3, -0.25) is 0 Å². The highest BCUT2D eigenvalue weighted by Crippen LogP contribution is 2.10. The molecule has 0 saturated heterocycles. The fourth-order valence-corrected chi connectivity index (χ4v) is 1.74. The summed E-state index contributed by atoms with van der Waals surface area (Å²) in [7, 11) is 0. The average Bonchev–Trinajstić information content (AvgIpc) is 2.46. The molecule has 0 aliphatic heterocycles. The molecule has 1 rings (SSSR count).